The SMILES string of the molecule is CN(C)Cc1nc(N2CCS(=O)(=O)CC2)c2c(-c3ccccc3)csc2n1. The van der Waals surface area contributed by atoms with Crippen molar-refractivity contribution >= 4 is 37.2 Å². The Labute approximate surface area is 163 Å². The molecule has 27 heavy (non-hydrogen) atoms. The number of aromatic nitrogens is 2. The lowest BCUT2D eigenvalue weighted by Gasteiger charge is -2.29. The van der Waals surface area contributed by atoms with Gasteiger partial charge < -0.3 is 9.80 Å². The number of rotatable bonds is 4. The Morgan fingerprint density at radius 2 is 1.81 bits per heavy atom. The summed E-state index contributed by atoms with van der Waals surface area (Å²) >= 11 is 1.61. The van der Waals surface area contributed by atoms with Crippen LogP contribution in [0.4, 0.5) is 5.82 Å². The second-order valence-electron chi connectivity index (χ2n) is 7.04. The van der Waals surface area contributed by atoms with E-state index < -0.39 is 9.84 Å². The van der Waals surface area contributed by atoms with E-state index in [0.717, 1.165) is 33.0 Å². The molecule has 1 aliphatic rings. The molecule has 0 amide bonds. The summed E-state index contributed by atoms with van der Waals surface area (Å²) < 4.78 is 23.8. The van der Waals surface area contributed by atoms with E-state index in [-0.39, 0.29) is 11.5 Å². The number of hydrogen-bond donors (Lipinski definition) is 0. The van der Waals surface area contributed by atoms with Crippen molar-refractivity contribution in [3.63, 3.8) is 0 Å². The summed E-state index contributed by atoms with van der Waals surface area (Å²) in [7, 11) is 1.04. The van der Waals surface area contributed by atoms with E-state index in [1.165, 1.54) is 0 Å². The molecule has 0 atom stereocenters. The van der Waals surface area contributed by atoms with Crippen molar-refractivity contribution in [2.45, 2.75) is 6.54 Å². The molecule has 0 aliphatic carbocycles. The van der Waals surface area contributed by atoms with Crippen LogP contribution in [0.15, 0.2) is 35.7 Å². The van der Waals surface area contributed by atoms with Gasteiger partial charge in [-0.3, -0.25) is 0 Å². The molecule has 0 saturated carbocycles. The van der Waals surface area contributed by atoms with Crippen LogP contribution < -0.4 is 4.90 Å². The summed E-state index contributed by atoms with van der Waals surface area (Å²) in [5.41, 5.74) is 2.23. The Morgan fingerprint density at radius 1 is 1.11 bits per heavy atom. The normalized spacial score (nSPS) is 16.9. The summed E-state index contributed by atoms with van der Waals surface area (Å²) in [4.78, 5) is 14.7. The van der Waals surface area contributed by atoms with Crippen molar-refractivity contribution in [2.24, 2.45) is 0 Å². The molecule has 1 fully saturated rings. The minimum Gasteiger partial charge on any atom is -0.354 e. The molecule has 1 saturated heterocycles. The Hall–Kier alpha value is -2.03. The molecule has 1 aliphatic heterocycles. The first-order chi connectivity index (χ1) is 12.9. The lowest BCUT2D eigenvalue weighted by molar-refractivity contribution is 0.391. The standard InChI is InChI=1S/C19H22N4O2S2/c1-22(2)12-16-20-18(23-8-10-27(24,25)11-9-23)17-15(13-26-19(17)21-16)14-6-4-3-5-7-14/h3-7,13H,8-12H2,1-2H3. The van der Waals surface area contributed by atoms with Crippen molar-refractivity contribution in [2.75, 3.05) is 43.6 Å². The maximum absolute atomic E-state index is 11.9. The van der Waals surface area contributed by atoms with Crippen molar-refractivity contribution in [3.8, 4) is 11.1 Å². The number of sulfone groups is 1. The molecule has 6 nitrogen and oxygen atoms in total. The van der Waals surface area contributed by atoms with Gasteiger partial charge >= 0.3 is 0 Å². The molecule has 3 heterocycles. The molecule has 0 spiro atoms. The van der Waals surface area contributed by atoms with Gasteiger partial charge in [-0.15, -0.1) is 11.3 Å². The molecule has 0 N–H and O–H groups in total. The number of nitrogens with zero attached hydrogens (tertiary/aromatic N) is 4. The molecule has 2 aromatic heterocycles. The van der Waals surface area contributed by atoms with Crippen LogP contribution in [-0.4, -0.2) is 62.0 Å². The van der Waals surface area contributed by atoms with E-state index >= 15 is 0 Å². The lowest BCUT2D eigenvalue weighted by atomic mass is 10.1. The highest BCUT2D eigenvalue weighted by Gasteiger charge is 2.26. The molecule has 3 aromatic rings. The zero-order chi connectivity index (χ0) is 19.0. The smallest absolute Gasteiger partial charge is 0.153 e. The minimum absolute atomic E-state index is 0.173. The summed E-state index contributed by atoms with van der Waals surface area (Å²) in [6, 6.07) is 10.2. The van der Waals surface area contributed by atoms with Crippen LogP contribution in [0.5, 0.6) is 0 Å². The van der Waals surface area contributed by atoms with Gasteiger partial charge in [-0.25, -0.2) is 18.4 Å². The van der Waals surface area contributed by atoms with E-state index in [9.17, 15) is 8.42 Å². The van der Waals surface area contributed by atoms with Crippen molar-refractivity contribution in [1.82, 2.24) is 14.9 Å². The van der Waals surface area contributed by atoms with E-state index in [1.807, 2.05) is 37.2 Å². The maximum atomic E-state index is 11.9. The van der Waals surface area contributed by atoms with Crippen LogP contribution in [0.3, 0.4) is 0 Å². The van der Waals surface area contributed by atoms with Gasteiger partial charge in [0.2, 0.25) is 0 Å². The number of anilines is 1. The third-order valence-electron chi connectivity index (χ3n) is 4.65. The Morgan fingerprint density at radius 3 is 2.48 bits per heavy atom. The number of benzene rings is 1. The van der Waals surface area contributed by atoms with Crippen LogP contribution in [-0.2, 0) is 16.4 Å². The minimum atomic E-state index is -2.95. The van der Waals surface area contributed by atoms with E-state index in [2.05, 4.69) is 22.4 Å². The molecule has 142 valence electrons. The maximum Gasteiger partial charge on any atom is 0.153 e. The monoisotopic (exact) mass is 402 g/mol. The average molecular weight is 403 g/mol. The second-order valence-corrected chi connectivity index (χ2v) is 10.2. The Bertz CT molecular complexity index is 1050. The third-order valence-corrected chi connectivity index (χ3v) is 7.13. The van der Waals surface area contributed by atoms with Crippen molar-refractivity contribution in [1.29, 1.82) is 0 Å². The average Bonchev–Trinajstić information content (AvgIpc) is 3.05. The van der Waals surface area contributed by atoms with Crippen LogP contribution in [0.2, 0.25) is 0 Å². The van der Waals surface area contributed by atoms with Gasteiger partial charge in [-0.1, -0.05) is 30.3 Å². The first-order valence-corrected chi connectivity index (χ1v) is 11.6. The first kappa shape index (κ1) is 18.3. The van der Waals surface area contributed by atoms with Crippen LogP contribution in [0, 0.1) is 0 Å². The predicted octanol–water partition coefficient (Wildman–Crippen LogP) is 2.65. The molecule has 0 bridgehead atoms. The molecule has 0 radical (unpaired) electrons. The molecular weight excluding hydrogens is 380 g/mol. The van der Waals surface area contributed by atoms with E-state index in [4.69, 9.17) is 9.97 Å². The van der Waals surface area contributed by atoms with E-state index in [1.54, 1.807) is 11.3 Å². The van der Waals surface area contributed by atoms with Gasteiger partial charge in [0.1, 0.15) is 16.5 Å². The van der Waals surface area contributed by atoms with Crippen molar-refractivity contribution in [3.05, 3.63) is 41.5 Å². The Kier molecular flexibility index (Phi) is 4.88. The number of thiophene rings is 1. The largest absolute Gasteiger partial charge is 0.354 e. The summed E-state index contributed by atoms with van der Waals surface area (Å²) in [5.74, 6) is 1.96. The van der Waals surface area contributed by atoms with Crippen molar-refractivity contribution < 1.29 is 8.42 Å². The summed E-state index contributed by atoms with van der Waals surface area (Å²) in [6.07, 6.45) is 0. The lowest BCUT2D eigenvalue weighted by Crippen LogP contribution is -2.41. The fourth-order valence-electron chi connectivity index (χ4n) is 3.30. The molecule has 0 unspecified atom stereocenters. The predicted molar refractivity (Wildman–Crippen MR) is 111 cm³/mol. The first-order valence-electron chi connectivity index (χ1n) is 8.86. The highest BCUT2D eigenvalue weighted by Crippen LogP contribution is 2.38. The van der Waals surface area contributed by atoms with Gasteiger partial charge in [0.05, 0.1) is 23.4 Å². The van der Waals surface area contributed by atoms with Gasteiger partial charge in [0.25, 0.3) is 0 Å². The zero-order valence-corrected chi connectivity index (χ0v) is 17.1. The van der Waals surface area contributed by atoms with Crippen LogP contribution in [0.25, 0.3) is 21.3 Å². The Balaban J connectivity index is 1.86. The van der Waals surface area contributed by atoms with Crippen LogP contribution >= 0.6 is 11.3 Å². The van der Waals surface area contributed by atoms with Crippen LogP contribution in [0.1, 0.15) is 5.82 Å². The number of fused-ring (bicyclic) bond motifs is 1. The summed E-state index contributed by atoms with van der Waals surface area (Å²) in [6.45, 7) is 1.59. The second kappa shape index (κ2) is 7.18. The van der Waals surface area contributed by atoms with E-state index in [0.29, 0.717) is 19.6 Å². The fourth-order valence-corrected chi connectivity index (χ4v) is 5.47. The van der Waals surface area contributed by atoms with Gasteiger partial charge in [0, 0.05) is 24.0 Å². The molecule has 1 aromatic carbocycles. The number of hydrogen-bond acceptors (Lipinski definition) is 7. The fraction of sp³-hybridized carbons (Fsp3) is 0.368. The molecular formula is C19H22N4O2S2. The zero-order valence-electron chi connectivity index (χ0n) is 15.4. The van der Waals surface area contributed by atoms with Gasteiger partial charge in [-0.05, 0) is 19.7 Å². The quantitative estimate of drug-likeness (QED) is 0.668. The van der Waals surface area contributed by atoms with Gasteiger partial charge in [0.15, 0.2) is 9.84 Å². The highest BCUT2D eigenvalue weighted by atomic mass is 32.2. The molecule has 4 rings (SSSR count). The van der Waals surface area contributed by atoms with Gasteiger partial charge in [-0.2, -0.15) is 0 Å². The summed E-state index contributed by atoms with van der Waals surface area (Å²) in [5, 5.41) is 3.14. The topological polar surface area (TPSA) is 66.4 Å². The third kappa shape index (κ3) is 3.83. The highest BCUT2D eigenvalue weighted by molar-refractivity contribution is 7.91. The molecule has 8 heteroatoms.